The van der Waals surface area contributed by atoms with E-state index in [1.807, 2.05) is 31.2 Å². The van der Waals surface area contributed by atoms with Crippen molar-refractivity contribution in [3.05, 3.63) is 29.8 Å². The van der Waals surface area contributed by atoms with Gasteiger partial charge in [-0.1, -0.05) is 6.92 Å². The fourth-order valence-electron chi connectivity index (χ4n) is 2.05. The molecule has 0 aromatic heterocycles. The van der Waals surface area contributed by atoms with Gasteiger partial charge in [-0.15, -0.1) is 0 Å². The Kier molecular flexibility index (Phi) is 4.76. The van der Waals surface area contributed by atoms with E-state index < -0.39 is 0 Å². The standard InChI is InChI=1S/C15H20O3/c1-2-5-14(16)12-7-9-13(10-8-12)18-15-6-3-4-11-17-15/h7-10,15H,2-6,11H2,1H3. The zero-order valence-corrected chi connectivity index (χ0v) is 10.9. The van der Waals surface area contributed by atoms with Crippen LogP contribution in [0.5, 0.6) is 5.75 Å². The molecule has 1 unspecified atom stereocenters. The molecule has 0 N–H and O–H groups in total. The molecule has 98 valence electrons. The van der Waals surface area contributed by atoms with Crippen molar-refractivity contribution < 1.29 is 14.3 Å². The summed E-state index contributed by atoms with van der Waals surface area (Å²) in [7, 11) is 0. The summed E-state index contributed by atoms with van der Waals surface area (Å²) in [6.45, 7) is 2.79. The molecule has 3 nitrogen and oxygen atoms in total. The first-order valence-electron chi connectivity index (χ1n) is 6.71. The molecule has 1 atom stereocenters. The second kappa shape index (κ2) is 6.55. The predicted octanol–water partition coefficient (Wildman–Crippen LogP) is 3.57. The first-order valence-corrected chi connectivity index (χ1v) is 6.71. The Bertz CT molecular complexity index is 377. The summed E-state index contributed by atoms with van der Waals surface area (Å²) < 4.78 is 11.2. The number of ether oxygens (including phenoxy) is 2. The lowest BCUT2D eigenvalue weighted by molar-refractivity contribution is -0.105. The number of hydrogen-bond acceptors (Lipinski definition) is 3. The first-order chi connectivity index (χ1) is 8.79. The van der Waals surface area contributed by atoms with Gasteiger partial charge in [-0.25, -0.2) is 0 Å². The van der Waals surface area contributed by atoms with Gasteiger partial charge in [-0.05, 0) is 43.5 Å². The molecule has 1 saturated heterocycles. The first kappa shape index (κ1) is 13.1. The van der Waals surface area contributed by atoms with E-state index >= 15 is 0 Å². The summed E-state index contributed by atoms with van der Waals surface area (Å²) in [4.78, 5) is 11.7. The van der Waals surface area contributed by atoms with E-state index in [2.05, 4.69) is 0 Å². The summed E-state index contributed by atoms with van der Waals surface area (Å²) in [5.41, 5.74) is 0.758. The average molecular weight is 248 g/mol. The number of benzene rings is 1. The molecule has 0 aliphatic carbocycles. The topological polar surface area (TPSA) is 35.5 Å². The molecule has 1 aliphatic rings. The number of rotatable bonds is 5. The van der Waals surface area contributed by atoms with Crippen LogP contribution < -0.4 is 4.74 Å². The smallest absolute Gasteiger partial charge is 0.199 e. The molecule has 1 aromatic rings. The Morgan fingerprint density at radius 1 is 1.33 bits per heavy atom. The van der Waals surface area contributed by atoms with E-state index in [4.69, 9.17) is 9.47 Å². The number of Topliss-reactive ketones (excluding diaryl/α,β-unsaturated/α-hetero) is 1. The Morgan fingerprint density at radius 2 is 2.11 bits per heavy atom. The quantitative estimate of drug-likeness (QED) is 0.747. The molecule has 1 aromatic carbocycles. The highest BCUT2D eigenvalue weighted by molar-refractivity contribution is 5.96. The predicted molar refractivity (Wildman–Crippen MR) is 69.9 cm³/mol. The van der Waals surface area contributed by atoms with Crippen LogP contribution in [0.1, 0.15) is 49.4 Å². The Balaban J connectivity index is 1.92. The second-order valence-corrected chi connectivity index (χ2v) is 4.61. The van der Waals surface area contributed by atoms with Gasteiger partial charge in [0.05, 0.1) is 6.61 Å². The Morgan fingerprint density at radius 3 is 2.72 bits per heavy atom. The van der Waals surface area contributed by atoms with E-state index in [1.54, 1.807) is 0 Å². The second-order valence-electron chi connectivity index (χ2n) is 4.61. The van der Waals surface area contributed by atoms with Gasteiger partial charge in [0.1, 0.15) is 5.75 Å². The summed E-state index contributed by atoms with van der Waals surface area (Å²) in [5, 5.41) is 0. The van der Waals surface area contributed by atoms with Crippen LogP contribution in [0.25, 0.3) is 0 Å². The van der Waals surface area contributed by atoms with Crippen molar-refractivity contribution in [2.45, 2.75) is 45.3 Å². The molecule has 1 heterocycles. The molecule has 2 rings (SSSR count). The molecule has 0 amide bonds. The average Bonchev–Trinajstić information content (AvgIpc) is 2.41. The molecule has 0 radical (unpaired) electrons. The number of carbonyl (C=O) groups is 1. The molecule has 1 fully saturated rings. The maximum Gasteiger partial charge on any atom is 0.199 e. The SMILES string of the molecule is CCCC(=O)c1ccc(OC2CCCCO2)cc1. The third kappa shape index (κ3) is 3.57. The van der Waals surface area contributed by atoms with Crippen molar-refractivity contribution in [2.24, 2.45) is 0 Å². The molecular weight excluding hydrogens is 228 g/mol. The van der Waals surface area contributed by atoms with Gasteiger partial charge in [0.2, 0.25) is 0 Å². The molecule has 0 spiro atoms. The van der Waals surface area contributed by atoms with Crippen LogP contribution in [0.2, 0.25) is 0 Å². The van der Waals surface area contributed by atoms with Gasteiger partial charge in [-0.2, -0.15) is 0 Å². The maximum atomic E-state index is 11.7. The third-order valence-electron chi connectivity index (χ3n) is 3.06. The minimum atomic E-state index is -0.129. The van der Waals surface area contributed by atoms with Gasteiger partial charge < -0.3 is 9.47 Å². The molecule has 0 saturated carbocycles. The summed E-state index contributed by atoms with van der Waals surface area (Å²) in [6.07, 6.45) is 4.56. The van der Waals surface area contributed by atoms with E-state index in [0.717, 1.165) is 43.6 Å². The largest absolute Gasteiger partial charge is 0.465 e. The van der Waals surface area contributed by atoms with Crippen molar-refractivity contribution in [3.63, 3.8) is 0 Å². The fraction of sp³-hybridized carbons (Fsp3) is 0.533. The van der Waals surface area contributed by atoms with Crippen LogP contribution in [0.4, 0.5) is 0 Å². The van der Waals surface area contributed by atoms with Gasteiger partial charge in [0, 0.05) is 18.4 Å². The van der Waals surface area contributed by atoms with Crippen LogP contribution in [0.15, 0.2) is 24.3 Å². The van der Waals surface area contributed by atoms with Crippen LogP contribution in [-0.2, 0) is 4.74 Å². The maximum absolute atomic E-state index is 11.7. The number of ketones is 1. The molecule has 18 heavy (non-hydrogen) atoms. The lowest BCUT2D eigenvalue weighted by atomic mass is 10.1. The normalized spacial score (nSPS) is 19.5. The van der Waals surface area contributed by atoms with Gasteiger partial charge >= 0.3 is 0 Å². The molecular formula is C15H20O3. The third-order valence-corrected chi connectivity index (χ3v) is 3.06. The monoisotopic (exact) mass is 248 g/mol. The summed E-state index contributed by atoms with van der Waals surface area (Å²) in [6, 6.07) is 7.36. The zero-order valence-electron chi connectivity index (χ0n) is 10.9. The zero-order chi connectivity index (χ0) is 12.8. The van der Waals surface area contributed by atoms with Crippen LogP contribution in [0.3, 0.4) is 0 Å². The van der Waals surface area contributed by atoms with E-state index in [9.17, 15) is 4.79 Å². The van der Waals surface area contributed by atoms with Gasteiger partial charge in [0.15, 0.2) is 12.1 Å². The van der Waals surface area contributed by atoms with E-state index in [1.165, 1.54) is 0 Å². The Hall–Kier alpha value is -1.35. The molecule has 0 bridgehead atoms. The van der Waals surface area contributed by atoms with Crippen LogP contribution in [0, 0.1) is 0 Å². The summed E-state index contributed by atoms with van der Waals surface area (Å²) >= 11 is 0. The number of carbonyl (C=O) groups excluding carboxylic acids is 1. The van der Waals surface area contributed by atoms with Crippen LogP contribution >= 0.6 is 0 Å². The summed E-state index contributed by atoms with van der Waals surface area (Å²) in [5.74, 6) is 0.966. The minimum Gasteiger partial charge on any atom is -0.465 e. The minimum absolute atomic E-state index is 0.129. The van der Waals surface area contributed by atoms with Crippen molar-refractivity contribution in [3.8, 4) is 5.75 Å². The van der Waals surface area contributed by atoms with Crippen molar-refractivity contribution in [2.75, 3.05) is 6.61 Å². The number of hydrogen-bond donors (Lipinski definition) is 0. The van der Waals surface area contributed by atoms with Crippen molar-refractivity contribution >= 4 is 5.78 Å². The highest BCUT2D eigenvalue weighted by Crippen LogP contribution is 2.20. The Labute approximate surface area is 108 Å². The lowest BCUT2D eigenvalue weighted by Crippen LogP contribution is -2.24. The fourth-order valence-corrected chi connectivity index (χ4v) is 2.05. The van der Waals surface area contributed by atoms with Gasteiger partial charge in [-0.3, -0.25) is 4.79 Å². The molecule has 1 aliphatic heterocycles. The van der Waals surface area contributed by atoms with Crippen LogP contribution in [-0.4, -0.2) is 18.7 Å². The van der Waals surface area contributed by atoms with E-state index in [0.29, 0.717) is 6.42 Å². The van der Waals surface area contributed by atoms with Gasteiger partial charge in [0.25, 0.3) is 0 Å². The van der Waals surface area contributed by atoms with Crippen molar-refractivity contribution in [1.82, 2.24) is 0 Å². The highest BCUT2D eigenvalue weighted by atomic mass is 16.7. The van der Waals surface area contributed by atoms with Crippen molar-refractivity contribution in [1.29, 1.82) is 0 Å². The lowest BCUT2D eigenvalue weighted by Gasteiger charge is -2.23. The highest BCUT2D eigenvalue weighted by Gasteiger charge is 2.15. The molecule has 3 heteroatoms. The van der Waals surface area contributed by atoms with E-state index in [-0.39, 0.29) is 12.1 Å².